The molecule has 8 heteroatoms. The first-order valence-corrected chi connectivity index (χ1v) is 9.38. The molecule has 3 aromatic rings. The van der Waals surface area contributed by atoms with Crippen molar-refractivity contribution in [2.75, 3.05) is 5.32 Å². The number of fused-ring (bicyclic) bond motifs is 1. The van der Waals surface area contributed by atoms with Crippen LogP contribution in [0.2, 0.25) is 5.02 Å². The summed E-state index contributed by atoms with van der Waals surface area (Å²) in [5.41, 5.74) is 2.21. The fourth-order valence-electron chi connectivity index (χ4n) is 2.78. The topological polar surface area (TPSA) is 71.4 Å². The smallest absolute Gasteiger partial charge is 0.285 e. The Morgan fingerprint density at radius 1 is 1.04 bits per heavy atom. The first-order chi connectivity index (χ1) is 12.5. The lowest BCUT2D eigenvalue weighted by Gasteiger charge is -2.15. The van der Waals surface area contributed by atoms with Crippen LogP contribution in [0.1, 0.15) is 0 Å². The van der Waals surface area contributed by atoms with E-state index in [0.29, 0.717) is 27.5 Å². The van der Waals surface area contributed by atoms with Crippen molar-refractivity contribution in [2.45, 2.75) is 4.90 Å². The van der Waals surface area contributed by atoms with E-state index in [0.717, 1.165) is 6.34 Å². The molecule has 0 fully saturated rings. The minimum Gasteiger partial charge on any atom is -0.345 e. The second kappa shape index (κ2) is 6.19. The summed E-state index contributed by atoms with van der Waals surface area (Å²) in [5.74, 6) is -0.466. The average molecular weight is 388 g/mol. The Morgan fingerprint density at radius 3 is 2.73 bits per heavy atom. The third-order valence-electron chi connectivity index (χ3n) is 3.97. The van der Waals surface area contributed by atoms with E-state index >= 15 is 0 Å². The van der Waals surface area contributed by atoms with Gasteiger partial charge in [-0.1, -0.05) is 23.7 Å². The number of anilines is 1. The van der Waals surface area contributed by atoms with Crippen LogP contribution in [0.5, 0.6) is 0 Å². The molecule has 130 valence electrons. The van der Waals surface area contributed by atoms with Crippen molar-refractivity contribution in [3.8, 4) is 22.4 Å². The minimum atomic E-state index is -3.77. The van der Waals surface area contributed by atoms with Crippen LogP contribution in [0.15, 0.2) is 64.0 Å². The SMILES string of the molecule is O=S1(=O)N=CNc2ccc(-c3cccnc3-c3cc(Cl)ccc3F)cc21. The zero-order chi connectivity index (χ0) is 18.3. The molecule has 0 radical (unpaired) electrons. The van der Waals surface area contributed by atoms with Crippen LogP contribution in [-0.4, -0.2) is 19.7 Å². The Kier molecular flexibility index (Phi) is 3.97. The maximum atomic E-state index is 14.3. The lowest BCUT2D eigenvalue weighted by Crippen LogP contribution is -2.11. The predicted octanol–water partition coefficient (Wildman–Crippen LogP) is 4.35. The van der Waals surface area contributed by atoms with Crippen molar-refractivity contribution in [2.24, 2.45) is 4.40 Å². The minimum absolute atomic E-state index is 0.0545. The van der Waals surface area contributed by atoms with Gasteiger partial charge in [-0.25, -0.2) is 4.39 Å². The van der Waals surface area contributed by atoms with E-state index in [4.69, 9.17) is 11.6 Å². The molecule has 4 rings (SSSR count). The van der Waals surface area contributed by atoms with Crippen molar-refractivity contribution >= 4 is 33.7 Å². The highest BCUT2D eigenvalue weighted by atomic mass is 35.5. The lowest BCUT2D eigenvalue weighted by atomic mass is 9.99. The molecule has 0 atom stereocenters. The van der Waals surface area contributed by atoms with E-state index in [-0.39, 0.29) is 10.5 Å². The monoisotopic (exact) mass is 387 g/mol. The van der Waals surface area contributed by atoms with Gasteiger partial charge in [0.1, 0.15) is 17.1 Å². The second-order valence-electron chi connectivity index (χ2n) is 5.59. The first-order valence-electron chi connectivity index (χ1n) is 7.56. The normalized spacial score (nSPS) is 14.5. The van der Waals surface area contributed by atoms with Crippen molar-refractivity contribution in [1.29, 1.82) is 0 Å². The summed E-state index contributed by atoms with van der Waals surface area (Å²) in [4.78, 5) is 4.34. The third-order valence-corrected chi connectivity index (χ3v) is 5.48. The lowest BCUT2D eigenvalue weighted by molar-refractivity contribution is 0.598. The average Bonchev–Trinajstić information content (AvgIpc) is 2.63. The number of nitrogens with zero attached hydrogens (tertiary/aromatic N) is 2. The molecule has 0 spiro atoms. The van der Waals surface area contributed by atoms with Gasteiger partial charge in [-0.15, -0.1) is 4.40 Å². The zero-order valence-electron chi connectivity index (χ0n) is 13.1. The molecule has 5 nitrogen and oxygen atoms in total. The Bertz CT molecular complexity index is 1160. The molecule has 1 aromatic heterocycles. The van der Waals surface area contributed by atoms with E-state index in [9.17, 15) is 12.8 Å². The standard InChI is InChI=1S/C18H11ClFN3O2S/c19-12-4-5-15(20)14(9-12)18-13(2-1-7-21-18)11-3-6-16-17(8-11)26(24,25)23-10-22-16/h1-10H,(H,22,23). The number of hydrogen-bond acceptors (Lipinski definition) is 4. The molecule has 1 N–H and O–H groups in total. The van der Waals surface area contributed by atoms with E-state index in [2.05, 4.69) is 14.7 Å². The molecule has 1 aliphatic rings. The van der Waals surface area contributed by atoms with Crippen molar-refractivity contribution < 1.29 is 12.8 Å². The van der Waals surface area contributed by atoms with Crippen LogP contribution in [0.3, 0.4) is 0 Å². The van der Waals surface area contributed by atoms with Crippen molar-refractivity contribution in [1.82, 2.24) is 4.98 Å². The molecule has 2 heterocycles. The van der Waals surface area contributed by atoms with Crippen LogP contribution >= 0.6 is 11.6 Å². The third kappa shape index (κ3) is 2.85. The molecule has 1 aliphatic heterocycles. The van der Waals surface area contributed by atoms with Gasteiger partial charge in [-0.05, 0) is 42.0 Å². The van der Waals surface area contributed by atoms with Gasteiger partial charge in [-0.2, -0.15) is 8.42 Å². The number of halogens is 2. The number of sulfonamides is 1. The van der Waals surface area contributed by atoms with Crippen LogP contribution in [-0.2, 0) is 10.0 Å². The van der Waals surface area contributed by atoms with Gasteiger partial charge >= 0.3 is 0 Å². The van der Waals surface area contributed by atoms with Gasteiger partial charge in [0.05, 0.1) is 11.4 Å². The number of rotatable bonds is 2. The van der Waals surface area contributed by atoms with Crippen LogP contribution in [0, 0.1) is 5.82 Å². The summed E-state index contributed by atoms with van der Waals surface area (Å²) >= 11 is 6.00. The Hall–Kier alpha value is -2.77. The van der Waals surface area contributed by atoms with Crippen LogP contribution in [0.25, 0.3) is 22.4 Å². The summed E-state index contributed by atoms with van der Waals surface area (Å²) < 4.78 is 42.2. The zero-order valence-corrected chi connectivity index (χ0v) is 14.7. The van der Waals surface area contributed by atoms with E-state index in [1.165, 1.54) is 24.3 Å². The van der Waals surface area contributed by atoms with Gasteiger partial charge in [-0.3, -0.25) is 4.98 Å². The second-order valence-corrected chi connectivity index (χ2v) is 7.63. The fraction of sp³-hybridized carbons (Fsp3) is 0. The number of aromatic nitrogens is 1. The largest absolute Gasteiger partial charge is 0.345 e. The molecule has 0 bridgehead atoms. The highest BCUT2D eigenvalue weighted by Crippen LogP contribution is 2.36. The number of benzene rings is 2. The summed E-state index contributed by atoms with van der Waals surface area (Å²) in [6, 6.07) is 12.5. The maximum absolute atomic E-state index is 14.3. The van der Waals surface area contributed by atoms with Gasteiger partial charge < -0.3 is 5.32 Å². The van der Waals surface area contributed by atoms with Gasteiger partial charge in [0.15, 0.2) is 0 Å². The molecule has 0 amide bonds. The van der Waals surface area contributed by atoms with E-state index in [1.54, 1.807) is 30.5 Å². The molecule has 0 unspecified atom stereocenters. The maximum Gasteiger partial charge on any atom is 0.285 e. The van der Waals surface area contributed by atoms with E-state index < -0.39 is 15.8 Å². The predicted molar refractivity (Wildman–Crippen MR) is 99.4 cm³/mol. The molecular formula is C18H11ClFN3O2S. The quantitative estimate of drug-likeness (QED) is 0.709. The first kappa shape index (κ1) is 16.7. The Balaban J connectivity index is 1.93. The van der Waals surface area contributed by atoms with Gasteiger partial charge in [0, 0.05) is 22.3 Å². The fourth-order valence-corrected chi connectivity index (χ4v) is 3.93. The van der Waals surface area contributed by atoms with Crippen molar-refractivity contribution in [3.63, 3.8) is 0 Å². The van der Waals surface area contributed by atoms with Crippen molar-refractivity contribution in [3.05, 3.63) is 65.6 Å². The molecule has 0 saturated carbocycles. The highest BCUT2D eigenvalue weighted by Gasteiger charge is 2.22. The number of nitrogens with one attached hydrogen (secondary N) is 1. The van der Waals surface area contributed by atoms with Crippen LogP contribution < -0.4 is 5.32 Å². The molecule has 2 aromatic carbocycles. The number of pyridine rings is 1. The highest BCUT2D eigenvalue weighted by molar-refractivity contribution is 7.90. The summed E-state index contributed by atoms with van der Waals surface area (Å²) in [5, 5.41) is 3.18. The molecule has 0 saturated heterocycles. The Morgan fingerprint density at radius 2 is 1.88 bits per heavy atom. The van der Waals surface area contributed by atoms with Gasteiger partial charge in [0.2, 0.25) is 0 Å². The summed E-state index contributed by atoms with van der Waals surface area (Å²) in [6.07, 6.45) is 2.67. The van der Waals surface area contributed by atoms with E-state index in [1.807, 2.05) is 0 Å². The molecule has 0 aliphatic carbocycles. The summed E-state index contributed by atoms with van der Waals surface area (Å²) in [6.45, 7) is 0. The number of hydrogen-bond donors (Lipinski definition) is 1. The molecule has 26 heavy (non-hydrogen) atoms. The summed E-state index contributed by atoms with van der Waals surface area (Å²) in [7, 11) is -3.77. The van der Waals surface area contributed by atoms with Gasteiger partial charge in [0.25, 0.3) is 10.0 Å². The Labute approximate surface area is 154 Å². The molecular weight excluding hydrogens is 377 g/mol. The van der Waals surface area contributed by atoms with Crippen LogP contribution in [0.4, 0.5) is 10.1 Å².